The number of aromatic amines is 2. The van der Waals surface area contributed by atoms with Crippen molar-refractivity contribution in [3.63, 3.8) is 0 Å². The van der Waals surface area contributed by atoms with E-state index in [1.54, 1.807) is 7.05 Å². The van der Waals surface area contributed by atoms with Gasteiger partial charge in [0.15, 0.2) is 5.65 Å². The van der Waals surface area contributed by atoms with Crippen LogP contribution >= 0.6 is 0 Å². The molecule has 0 atom stereocenters. The van der Waals surface area contributed by atoms with Gasteiger partial charge in [-0.3, -0.25) is 24.0 Å². The Kier molecular flexibility index (Phi) is 6.27. The molecule has 1 aliphatic heterocycles. The number of amides is 1. The highest BCUT2D eigenvalue weighted by Gasteiger charge is 2.21. The third-order valence-corrected chi connectivity index (χ3v) is 6.16. The number of nitrogens with one attached hydrogen (secondary N) is 2. The summed E-state index contributed by atoms with van der Waals surface area (Å²) in [5.41, 5.74) is 2.19. The average Bonchev–Trinajstić information content (AvgIpc) is 3.22. The van der Waals surface area contributed by atoms with E-state index in [0.717, 1.165) is 19.6 Å². The van der Waals surface area contributed by atoms with Crippen molar-refractivity contribution >= 4 is 17.1 Å². The summed E-state index contributed by atoms with van der Waals surface area (Å²) in [4.78, 5) is 50.1. The van der Waals surface area contributed by atoms with E-state index in [-0.39, 0.29) is 11.4 Å². The molecule has 32 heavy (non-hydrogen) atoms. The van der Waals surface area contributed by atoms with E-state index in [4.69, 9.17) is 0 Å². The van der Waals surface area contributed by atoms with Crippen LogP contribution in [-0.2, 0) is 24.8 Å². The second-order valence-corrected chi connectivity index (χ2v) is 8.75. The quantitative estimate of drug-likeness (QED) is 0.604. The van der Waals surface area contributed by atoms with Crippen molar-refractivity contribution in [3.05, 3.63) is 62.1 Å². The highest BCUT2D eigenvalue weighted by Crippen LogP contribution is 2.16. The van der Waals surface area contributed by atoms with E-state index in [9.17, 15) is 14.4 Å². The smallest absolute Gasteiger partial charge is 0.329 e. The van der Waals surface area contributed by atoms with E-state index in [0.29, 0.717) is 43.3 Å². The molecule has 9 heteroatoms. The van der Waals surface area contributed by atoms with Gasteiger partial charge in [0, 0.05) is 52.6 Å². The summed E-state index contributed by atoms with van der Waals surface area (Å²) >= 11 is 0. The second kappa shape index (κ2) is 9.12. The molecular weight excluding hydrogens is 408 g/mol. The minimum Gasteiger partial charge on any atom is -0.340 e. The number of H-pyrrole nitrogens is 2. The number of carbonyl (C=O) groups excluding carboxylic acids is 1. The first-order valence-corrected chi connectivity index (χ1v) is 11.1. The van der Waals surface area contributed by atoms with Crippen molar-refractivity contribution in [1.82, 2.24) is 29.3 Å². The van der Waals surface area contributed by atoms with Gasteiger partial charge in [-0.25, -0.2) is 9.78 Å². The number of carbonyl (C=O) groups is 1. The van der Waals surface area contributed by atoms with Crippen LogP contribution in [0.25, 0.3) is 11.2 Å². The van der Waals surface area contributed by atoms with Crippen molar-refractivity contribution in [2.45, 2.75) is 39.2 Å². The summed E-state index contributed by atoms with van der Waals surface area (Å²) in [5, 5.41) is 0. The summed E-state index contributed by atoms with van der Waals surface area (Å²) in [6, 6.07) is 8.79. The van der Waals surface area contributed by atoms with Gasteiger partial charge in [0.2, 0.25) is 5.91 Å². The van der Waals surface area contributed by atoms with E-state index in [2.05, 4.69) is 58.0 Å². The monoisotopic (exact) mass is 438 g/mol. The zero-order valence-corrected chi connectivity index (χ0v) is 18.9. The Balaban J connectivity index is 1.29. The van der Waals surface area contributed by atoms with Gasteiger partial charge in [-0.05, 0) is 17.0 Å². The number of rotatable bonds is 6. The molecule has 0 aliphatic carbocycles. The third-order valence-electron chi connectivity index (χ3n) is 6.16. The maximum absolute atomic E-state index is 12.7. The predicted octanol–water partition coefficient (Wildman–Crippen LogP) is 1.35. The van der Waals surface area contributed by atoms with Crippen molar-refractivity contribution < 1.29 is 4.79 Å². The van der Waals surface area contributed by atoms with Gasteiger partial charge >= 0.3 is 5.69 Å². The van der Waals surface area contributed by atoms with Crippen LogP contribution in [0.1, 0.15) is 43.1 Å². The van der Waals surface area contributed by atoms with E-state index >= 15 is 0 Å². The van der Waals surface area contributed by atoms with Crippen LogP contribution in [0, 0.1) is 0 Å². The summed E-state index contributed by atoms with van der Waals surface area (Å²) in [6.07, 6.45) is 0.700. The standard InChI is InChI=1S/C23H30N6O3/c1-15(2)17-6-4-16(5-7-17)14-28-10-12-29(13-11-28)19(30)9-8-18-24-20-21(25-18)27(3)23(32)26-22(20)31/h4-7,15H,8-14H2,1-3H3,(H,24,25)(H,26,31,32). The largest absolute Gasteiger partial charge is 0.340 e. The molecule has 3 heterocycles. The maximum atomic E-state index is 12.7. The highest BCUT2D eigenvalue weighted by molar-refractivity contribution is 5.76. The zero-order chi connectivity index (χ0) is 22.8. The molecule has 1 fully saturated rings. The van der Waals surface area contributed by atoms with Gasteiger partial charge in [0.1, 0.15) is 11.3 Å². The maximum Gasteiger partial charge on any atom is 0.329 e. The Hall–Kier alpha value is -3.20. The normalized spacial score (nSPS) is 15.1. The first-order chi connectivity index (χ1) is 15.3. The molecule has 2 aromatic heterocycles. The molecule has 0 radical (unpaired) electrons. The van der Waals surface area contributed by atoms with Gasteiger partial charge in [-0.15, -0.1) is 0 Å². The number of imidazole rings is 1. The molecule has 170 valence electrons. The van der Waals surface area contributed by atoms with Crippen LogP contribution in [0.15, 0.2) is 33.9 Å². The van der Waals surface area contributed by atoms with Crippen molar-refractivity contribution in [1.29, 1.82) is 0 Å². The van der Waals surface area contributed by atoms with Crippen LogP contribution in [0.5, 0.6) is 0 Å². The number of aromatic nitrogens is 4. The molecule has 4 rings (SSSR count). The van der Waals surface area contributed by atoms with E-state index < -0.39 is 11.2 Å². The van der Waals surface area contributed by atoms with Gasteiger partial charge in [0.05, 0.1) is 0 Å². The molecule has 0 saturated carbocycles. The molecule has 1 amide bonds. The molecule has 3 aromatic rings. The van der Waals surface area contributed by atoms with Crippen molar-refractivity contribution in [2.75, 3.05) is 26.2 Å². The Labute approximate surface area is 186 Å². The summed E-state index contributed by atoms with van der Waals surface area (Å²) < 4.78 is 1.29. The molecule has 1 aliphatic rings. The molecule has 9 nitrogen and oxygen atoms in total. The number of fused-ring (bicyclic) bond motifs is 1. The predicted molar refractivity (Wildman–Crippen MR) is 123 cm³/mol. The Bertz CT molecular complexity index is 1210. The Morgan fingerprint density at radius 1 is 1.06 bits per heavy atom. The van der Waals surface area contributed by atoms with Gasteiger partial charge in [-0.2, -0.15) is 0 Å². The molecule has 0 spiro atoms. The lowest BCUT2D eigenvalue weighted by molar-refractivity contribution is -0.133. The van der Waals surface area contributed by atoms with Gasteiger partial charge in [-0.1, -0.05) is 38.1 Å². The van der Waals surface area contributed by atoms with E-state index in [1.807, 2.05) is 4.90 Å². The first kappa shape index (κ1) is 22.0. The lowest BCUT2D eigenvalue weighted by Gasteiger charge is -2.34. The molecule has 1 aromatic carbocycles. The fraction of sp³-hybridized carbons (Fsp3) is 0.478. The minimum atomic E-state index is -0.509. The third kappa shape index (κ3) is 4.67. The second-order valence-electron chi connectivity index (χ2n) is 8.75. The number of benzene rings is 1. The van der Waals surface area contributed by atoms with E-state index in [1.165, 1.54) is 15.7 Å². The van der Waals surface area contributed by atoms with Crippen LogP contribution in [-0.4, -0.2) is 61.4 Å². The fourth-order valence-electron chi connectivity index (χ4n) is 4.08. The summed E-state index contributed by atoms with van der Waals surface area (Å²) in [5.74, 6) is 1.14. The van der Waals surface area contributed by atoms with Crippen LogP contribution < -0.4 is 11.2 Å². The van der Waals surface area contributed by atoms with Gasteiger partial charge in [0.25, 0.3) is 5.56 Å². The molecule has 0 bridgehead atoms. The SMILES string of the molecule is CC(C)c1ccc(CN2CCN(C(=O)CCc3nc4c([nH]3)c(=O)[nH]c(=O)n4C)CC2)cc1. The first-order valence-electron chi connectivity index (χ1n) is 11.1. The lowest BCUT2D eigenvalue weighted by Crippen LogP contribution is -2.48. The van der Waals surface area contributed by atoms with Crippen molar-refractivity contribution in [2.24, 2.45) is 7.05 Å². The van der Waals surface area contributed by atoms with Crippen LogP contribution in [0.2, 0.25) is 0 Å². The average molecular weight is 439 g/mol. The number of hydrogen-bond acceptors (Lipinski definition) is 5. The highest BCUT2D eigenvalue weighted by atomic mass is 16.2. The molecule has 1 saturated heterocycles. The lowest BCUT2D eigenvalue weighted by atomic mass is 10.0. The number of hydrogen-bond donors (Lipinski definition) is 2. The minimum absolute atomic E-state index is 0.0780. The van der Waals surface area contributed by atoms with Gasteiger partial charge < -0.3 is 9.88 Å². The summed E-state index contributed by atoms with van der Waals surface area (Å²) in [7, 11) is 1.55. The number of aryl methyl sites for hydroxylation is 2. The topological polar surface area (TPSA) is 107 Å². The number of piperazine rings is 1. The Morgan fingerprint density at radius 2 is 1.75 bits per heavy atom. The number of nitrogens with zero attached hydrogens (tertiary/aromatic N) is 4. The fourth-order valence-corrected chi connectivity index (χ4v) is 4.08. The summed E-state index contributed by atoms with van der Waals surface area (Å²) in [6.45, 7) is 8.39. The Morgan fingerprint density at radius 3 is 2.41 bits per heavy atom. The van der Waals surface area contributed by atoms with Crippen LogP contribution in [0.4, 0.5) is 0 Å². The molecule has 0 unspecified atom stereocenters. The van der Waals surface area contributed by atoms with Crippen LogP contribution in [0.3, 0.4) is 0 Å². The molecular formula is C23H30N6O3. The van der Waals surface area contributed by atoms with Crippen molar-refractivity contribution in [3.8, 4) is 0 Å². The molecule has 2 N–H and O–H groups in total. The zero-order valence-electron chi connectivity index (χ0n) is 18.9.